The third-order valence-electron chi connectivity index (χ3n) is 1.42. The molecule has 0 saturated carbocycles. The van der Waals surface area contributed by atoms with Crippen LogP contribution in [-0.4, -0.2) is 16.8 Å². The lowest BCUT2D eigenvalue weighted by molar-refractivity contribution is 0.0950. The van der Waals surface area contributed by atoms with Crippen LogP contribution in [0.1, 0.15) is 21.8 Å². The molecule has 1 aromatic rings. The van der Waals surface area contributed by atoms with E-state index >= 15 is 0 Å². The Hall–Kier alpha value is -1.34. The monoisotopic (exact) mass is 194 g/mol. The molecule has 1 amide bonds. The summed E-state index contributed by atoms with van der Waals surface area (Å²) < 4.78 is 3.97. The van der Waals surface area contributed by atoms with Gasteiger partial charge in [-0.3, -0.25) is 4.79 Å². The fraction of sp³-hybridized carbons (Fsp3) is 0.333. The Morgan fingerprint density at radius 2 is 2.62 bits per heavy atom. The summed E-state index contributed by atoms with van der Waals surface area (Å²) in [6, 6.07) is 1.76. The lowest BCUT2D eigenvalue weighted by Crippen LogP contribution is -2.24. The number of rotatable bonds is 3. The van der Waals surface area contributed by atoms with Crippen LogP contribution in [0.25, 0.3) is 0 Å². The zero-order valence-corrected chi connectivity index (χ0v) is 8.15. The molecule has 13 heavy (non-hydrogen) atoms. The van der Waals surface area contributed by atoms with Crippen molar-refractivity contribution in [3.63, 3.8) is 0 Å². The summed E-state index contributed by atoms with van der Waals surface area (Å²) in [5.74, 6) is 2.29. The van der Waals surface area contributed by atoms with Crippen LogP contribution in [0.15, 0.2) is 6.07 Å². The highest BCUT2D eigenvalue weighted by atomic mass is 32.1. The van der Waals surface area contributed by atoms with Crippen LogP contribution < -0.4 is 5.32 Å². The van der Waals surface area contributed by atoms with Crippen LogP contribution in [0.4, 0.5) is 0 Å². The summed E-state index contributed by atoms with van der Waals surface area (Å²) in [6.07, 6.45) is 5.59. The summed E-state index contributed by atoms with van der Waals surface area (Å²) in [4.78, 5) is 12.3. The van der Waals surface area contributed by atoms with E-state index in [9.17, 15) is 4.79 Å². The average molecular weight is 194 g/mol. The van der Waals surface area contributed by atoms with Gasteiger partial charge in [0, 0.05) is 17.8 Å². The normalized spacial score (nSPS) is 9.23. The quantitative estimate of drug-likeness (QED) is 0.580. The average Bonchev–Trinajstić information content (AvgIpc) is 2.52. The third kappa shape index (κ3) is 2.88. The molecule has 0 radical (unpaired) electrons. The van der Waals surface area contributed by atoms with Crippen LogP contribution in [0.2, 0.25) is 0 Å². The summed E-state index contributed by atoms with van der Waals surface area (Å²) in [6.45, 7) is 2.42. The van der Waals surface area contributed by atoms with E-state index in [4.69, 9.17) is 6.42 Å². The number of hydrogen-bond acceptors (Lipinski definition) is 3. The first-order chi connectivity index (χ1) is 6.24. The van der Waals surface area contributed by atoms with Crippen molar-refractivity contribution < 1.29 is 4.79 Å². The van der Waals surface area contributed by atoms with Gasteiger partial charge in [0.15, 0.2) is 0 Å². The second kappa shape index (κ2) is 4.63. The van der Waals surface area contributed by atoms with Gasteiger partial charge in [0.2, 0.25) is 0 Å². The summed E-state index contributed by atoms with van der Waals surface area (Å²) in [5, 5.41) is 2.68. The molecule has 0 saturated heterocycles. The van der Waals surface area contributed by atoms with Gasteiger partial charge in [-0.2, -0.15) is 4.37 Å². The fourth-order valence-electron chi connectivity index (χ4n) is 0.812. The molecule has 1 N–H and O–H groups in total. The van der Waals surface area contributed by atoms with Crippen molar-refractivity contribution in [1.82, 2.24) is 9.69 Å². The lowest BCUT2D eigenvalue weighted by atomic mass is 10.3. The van der Waals surface area contributed by atoms with Crippen molar-refractivity contribution in [2.75, 3.05) is 6.54 Å². The number of hydrogen-bond donors (Lipinski definition) is 1. The molecule has 0 atom stereocenters. The highest BCUT2D eigenvalue weighted by Crippen LogP contribution is 2.07. The molecule has 0 spiro atoms. The van der Waals surface area contributed by atoms with Gasteiger partial charge in [-0.25, -0.2) is 0 Å². The topological polar surface area (TPSA) is 42.0 Å². The maximum Gasteiger partial charge on any atom is 0.271 e. The van der Waals surface area contributed by atoms with Gasteiger partial charge >= 0.3 is 0 Å². The number of carbonyl (C=O) groups is 1. The number of nitrogens with one attached hydrogen (secondary N) is 1. The number of amides is 1. The molecule has 0 aliphatic carbocycles. The van der Waals surface area contributed by atoms with E-state index in [1.54, 1.807) is 6.07 Å². The number of aryl methyl sites for hydroxylation is 1. The molecule has 0 bridgehead atoms. The molecule has 68 valence electrons. The lowest BCUT2D eigenvalue weighted by Gasteiger charge is -1.97. The second-order valence-corrected chi connectivity index (χ2v) is 3.54. The smallest absolute Gasteiger partial charge is 0.271 e. The number of terminal acetylenes is 1. The van der Waals surface area contributed by atoms with Gasteiger partial charge < -0.3 is 5.32 Å². The van der Waals surface area contributed by atoms with Crippen molar-refractivity contribution in [1.29, 1.82) is 0 Å². The Labute approximate surface area is 81.3 Å². The first-order valence-corrected chi connectivity index (χ1v) is 4.66. The first kappa shape index (κ1) is 9.75. The maximum absolute atomic E-state index is 11.3. The maximum atomic E-state index is 11.3. The largest absolute Gasteiger partial charge is 0.350 e. The van der Waals surface area contributed by atoms with E-state index in [1.807, 2.05) is 6.92 Å². The van der Waals surface area contributed by atoms with Gasteiger partial charge in [-0.1, -0.05) is 0 Å². The van der Waals surface area contributed by atoms with Crippen molar-refractivity contribution in [3.8, 4) is 12.3 Å². The molecule has 4 heteroatoms. The van der Waals surface area contributed by atoms with Crippen molar-refractivity contribution in [2.45, 2.75) is 13.3 Å². The van der Waals surface area contributed by atoms with Crippen LogP contribution in [0, 0.1) is 19.3 Å². The van der Waals surface area contributed by atoms with Crippen molar-refractivity contribution >= 4 is 17.4 Å². The minimum absolute atomic E-state index is 0.153. The number of carbonyl (C=O) groups excluding carboxylic acids is 1. The van der Waals surface area contributed by atoms with Gasteiger partial charge in [0.1, 0.15) is 5.69 Å². The Balaban J connectivity index is 2.45. The molecular formula is C9H10N2OS. The van der Waals surface area contributed by atoms with E-state index in [-0.39, 0.29) is 5.91 Å². The molecule has 0 aromatic carbocycles. The van der Waals surface area contributed by atoms with Gasteiger partial charge in [0.05, 0.1) is 0 Å². The van der Waals surface area contributed by atoms with E-state index in [0.717, 1.165) is 4.88 Å². The number of nitrogens with zero attached hydrogens (tertiary/aromatic N) is 1. The Morgan fingerprint density at radius 1 is 1.85 bits per heavy atom. The van der Waals surface area contributed by atoms with Crippen molar-refractivity contribution in [3.05, 3.63) is 16.6 Å². The number of aromatic nitrogens is 1. The summed E-state index contributed by atoms with van der Waals surface area (Å²) >= 11 is 1.32. The molecule has 0 aliphatic rings. The van der Waals surface area contributed by atoms with E-state index in [1.165, 1.54) is 11.5 Å². The second-order valence-electron chi connectivity index (χ2n) is 2.53. The van der Waals surface area contributed by atoms with E-state index < -0.39 is 0 Å². The van der Waals surface area contributed by atoms with Crippen LogP contribution >= 0.6 is 11.5 Å². The summed E-state index contributed by atoms with van der Waals surface area (Å²) in [5.41, 5.74) is 0.472. The highest BCUT2D eigenvalue weighted by Gasteiger charge is 2.07. The van der Waals surface area contributed by atoms with Crippen molar-refractivity contribution in [2.24, 2.45) is 0 Å². The standard InChI is InChI=1S/C9H10N2OS/c1-3-4-5-10-9(12)8-6-7(2)13-11-8/h1,6H,4-5H2,2H3,(H,10,12). The SMILES string of the molecule is C#CCCNC(=O)c1cc(C)sn1. The van der Waals surface area contributed by atoms with Crippen LogP contribution in [0.3, 0.4) is 0 Å². The van der Waals surface area contributed by atoms with Crippen LogP contribution in [0.5, 0.6) is 0 Å². The van der Waals surface area contributed by atoms with Gasteiger partial charge in [-0.05, 0) is 24.5 Å². The molecule has 0 fully saturated rings. The zero-order valence-electron chi connectivity index (χ0n) is 7.33. The predicted octanol–water partition coefficient (Wildman–Crippen LogP) is 1.20. The molecule has 0 unspecified atom stereocenters. The predicted molar refractivity (Wildman–Crippen MR) is 52.6 cm³/mol. The third-order valence-corrected chi connectivity index (χ3v) is 2.11. The van der Waals surface area contributed by atoms with E-state index in [0.29, 0.717) is 18.7 Å². The Morgan fingerprint density at radius 3 is 3.15 bits per heavy atom. The minimum Gasteiger partial charge on any atom is -0.350 e. The highest BCUT2D eigenvalue weighted by molar-refractivity contribution is 7.05. The molecule has 1 aromatic heterocycles. The molecule has 1 rings (SSSR count). The van der Waals surface area contributed by atoms with Gasteiger partial charge in [0.25, 0.3) is 5.91 Å². The zero-order chi connectivity index (χ0) is 9.68. The molecule has 3 nitrogen and oxygen atoms in total. The first-order valence-electron chi connectivity index (χ1n) is 3.89. The Kier molecular flexibility index (Phi) is 3.47. The molecular weight excluding hydrogens is 184 g/mol. The van der Waals surface area contributed by atoms with E-state index in [2.05, 4.69) is 15.6 Å². The molecule has 0 aliphatic heterocycles. The van der Waals surface area contributed by atoms with Crippen LogP contribution in [-0.2, 0) is 0 Å². The molecule has 1 heterocycles. The minimum atomic E-state index is -0.153. The fourth-order valence-corrected chi connectivity index (χ4v) is 1.35. The van der Waals surface area contributed by atoms with Gasteiger partial charge in [-0.15, -0.1) is 12.3 Å². The summed E-state index contributed by atoms with van der Waals surface area (Å²) in [7, 11) is 0. The Bertz CT molecular complexity index is 338.